The van der Waals surface area contributed by atoms with Gasteiger partial charge in [0.25, 0.3) is 0 Å². The Morgan fingerprint density at radius 1 is 1.06 bits per heavy atom. The van der Waals surface area contributed by atoms with Gasteiger partial charge in [0.1, 0.15) is 12.4 Å². The molecule has 0 amide bonds. The molecule has 1 saturated heterocycles. The Hall–Kier alpha value is -2.71. The average molecular weight is 513 g/mol. The molecule has 8 heteroatoms. The molecular formula is C25H29BrN4O3. The number of hydrogen-bond acceptors (Lipinski definition) is 5. The van der Waals surface area contributed by atoms with Gasteiger partial charge >= 0.3 is 11.7 Å². The summed E-state index contributed by atoms with van der Waals surface area (Å²) in [4.78, 5) is 27.3. The van der Waals surface area contributed by atoms with Crippen LogP contribution in [0.3, 0.4) is 0 Å². The first-order valence-electron chi connectivity index (χ1n) is 11.2. The number of benzene rings is 2. The lowest BCUT2D eigenvalue weighted by Crippen LogP contribution is -2.40. The third-order valence-electron chi connectivity index (χ3n) is 6.33. The lowest BCUT2D eigenvalue weighted by atomic mass is 9.88. The predicted octanol–water partition coefficient (Wildman–Crippen LogP) is 4.47. The van der Waals surface area contributed by atoms with Gasteiger partial charge in [0, 0.05) is 4.47 Å². The van der Waals surface area contributed by atoms with Crippen molar-refractivity contribution >= 4 is 21.9 Å². The van der Waals surface area contributed by atoms with Crippen LogP contribution in [-0.4, -0.2) is 45.4 Å². The van der Waals surface area contributed by atoms with Gasteiger partial charge in [-0.25, -0.2) is 18.8 Å². The van der Waals surface area contributed by atoms with Crippen LogP contribution in [0, 0.1) is 0 Å². The highest BCUT2D eigenvalue weighted by Gasteiger charge is 2.32. The molecule has 0 aliphatic carbocycles. The molecule has 2 heterocycles. The maximum absolute atomic E-state index is 12.6. The Balaban J connectivity index is 1.45. The molecule has 4 rings (SSSR count). The van der Waals surface area contributed by atoms with Crippen LogP contribution in [0.1, 0.15) is 55.8 Å². The van der Waals surface area contributed by atoms with Crippen LogP contribution in [0.4, 0.5) is 0 Å². The predicted molar refractivity (Wildman–Crippen MR) is 131 cm³/mol. The Bertz CT molecular complexity index is 1140. The number of esters is 1. The van der Waals surface area contributed by atoms with E-state index in [0.717, 1.165) is 41.7 Å². The van der Waals surface area contributed by atoms with Crippen LogP contribution in [0.15, 0.2) is 64.1 Å². The van der Waals surface area contributed by atoms with Crippen molar-refractivity contribution < 1.29 is 9.53 Å². The molecule has 0 bridgehead atoms. The molecule has 7 nitrogen and oxygen atoms in total. The van der Waals surface area contributed by atoms with Gasteiger partial charge in [0.15, 0.2) is 0 Å². The van der Waals surface area contributed by atoms with Crippen molar-refractivity contribution in [3.63, 3.8) is 0 Å². The Morgan fingerprint density at radius 3 is 2.24 bits per heavy atom. The van der Waals surface area contributed by atoms with E-state index < -0.39 is 6.04 Å². The van der Waals surface area contributed by atoms with Crippen LogP contribution in [-0.2, 0) is 9.53 Å². The summed E-state index contributed by atoms with van der Waals surface area (Å²) in [6.07, 6.45) is 3.48. The number of aromatic nitrogens is 3. The molecule has 1 aromatic heterocycles. The number of rotatable bonds is 6. The van der Waals surface area contributed by atoms with Crippen LogP contribution >= 0.6 is 15.9 Å². The second-order valence-electron chi connectivity index (χ2n) is 8.70. The second kappa shape index (κ2) is 10.1. The van der Waals surface area contributed by atoms with Crippen LogP contribution in [0.2, 0.25) is 0 Å². The van der Waals surface area contributed by atoms with Crippen molar-refractivity contribution in [3.05, 3.63) is 80.9 Å². The van der Waals surface area contributed by atoms with Crippen molar-refractivity contribution in [1.29, 1.82) is 0 Å². The van der Waals surface area contributed by atoms with E-state index in [4.69, 9.17) is 4.74 Å². The van der Waals surface area contributed by atoms with Gasteiger partial charge < -0.3 is 4.74 Å². The fourth-order valence-corrected chi connectivity index (χ4v) is 4.76. The zero-order chi connectivity index (χ0) is 23.5. The summed E-state index contributed by atoms with van der Waals surface area (Å²) < 4.78 is 9.15. The number of piperidine rings is 1. The number of halogens is 1. The third-order valence-corrected chi connectivity index (χ3v) is 6.86. The number of carbonyl (C=O) groups is 1. The first kappa shape index (κ1) is 23.4. The fourth-order valence-electron chi connectivity index (χ4n) is 4.50. The molecule has 1 fully saturated rings. The highest BCUT2D eigenvalue weighted by atomic mass is 79.9. The molecule has 174 valence electrons. The van der Waals surface area contributed by atoms with Gasteiger partial charge in [-0.05, 0) is 81.1 Å². The summed E-state index contributed by atoms with van der Waals surface area (Å²) in [7, 11) is 1.44. The van der Waals surface area contributed by atoms with Crippen molar-refractivity contribution in [3.8, 4) is 5.69 Å². The molecule has 1 atom stereocenters. The summed E-state index contributed by atoms with van der Waals surface area (Å²) in [5.74, 6) is 0.182. The number of methoxy groups -OCH3 is 1. The van der Waals surface area contributed by atoms with E-state index in [9.17, 15) is 9.59 Å². The topological polar surface area (TPSA) is 69.4 Å². The van der Waals surface area contributed by atoms with Gasteiger partial charge in [0.05, 0.1) is 18.8 Å². The molecule has 2 aromatic carbocycles. The quantitative estimate of drug-likeness (QED) is 0.455. The highest BCUT2D eigenvalue weighted by Crippen LogP contribution is 2.33. The van der Waals surface area contributed by atoms with Crippen LogP contribution < -0.4 is 5.69 Å². The van der Waals surface area contributed by atoms with Gasteiger partial charge in [-0.1, -0.05) is 40.2 Å². The second-order valence-corrected chi connectivity index (χ2v) is 9.62. The summed E-state index contributed by atoms with van der Waals surface area (Å²) in [6, 6.07) is 15.6. The molecule has 1 aliphatic rings. The van der Waals surface area contributed by atoms with Gasteiger partial charge in [-0.15, -0.1) is 0 Å². The highest BCUT2D eigenvalue weighted by molar-refractivity contribution is 9.10. The Labute approximate surface area is 202 Å². The number of likely N-dealkylation sites (tertiary alicyclic amines) is 1. The van der Waals surface area contributed by atoms with Gasteiger partial charge in [-0.3, -0.25) is 4.90 Å². The minimum Gasteiger partial charge on any atom is -0.468 e. The molecule has 33 heavy (non-hydrogen) atoms. The van der Waals surface area contributed by atoms with E-state index in [-0.39, 0.29) is 17.7 Å². The monoisotopic (exact) mass is 512 g/mol. The van der Waals surface area contributed by atoms with E-state index >= 15 is 0 Å². The summed E-state index contributed by atoms with van der Waals surface area (Å²) in [6.45, 7) is 5.50. The number of hydrogen-bond donors (Lipinski definition) is 0. The molecule has 0 saturated carbocycles. The Kier molecular flexibility index (Phi) is 7.14. The van der Waals surface area contributed by atoms with E-state index in [1.54, 1.807) is 10.9 Å². The maximum atomic E-state index is 12.6. The molecule has 0 spiro atoms. The molecule has 3 aromatic rings. The van der Waals surface area contributed by atoms with Crippen molar-refractivity contribution in [2.24, 2.45) is 0 Å². The smallest absolute Gasteiger partial charge is 0.350 e. The molecule has 1 aliphatic heterocycles. The summed E-state index contributed by atoms with van der Waals surface area (Å²) in [5.41, 5.74) is 2.88. The maximum Gasteiger partial charge on any atom is 0.350 e. The van der Waals surface area contributed by atoms with E-state index in [1.807, 2.05) is 50.2 Å². The first-order chi connectivity index (χ1) is 15.9. The third kappa shape index (κ3) is 4.96. The SMILES string of the molecule is COC(=O)C(c1ccc(Br)cc1)N1CCC(c2ccc(-n3cnn(C(C)C)c3=O)cc2)CC1. The zero-order valence-electron chi connectivity index (χ0n) is 19.1. The van der Waals surface area contributed by atoms with Crippen LogP contribution in [0.25, 0.3) is 5.69 Å². The van der Waals surface area contributed by atoms with Crippen molar-refractivity contribution in [1.82, 2.24) is 19.2 Å². The van der Waals surface area contributed by atoms with E-state index in [0.29, 0.717) is 5.92 Å². The fraction of sp³-hybridized carbons (Fsp3) is 0.400. The zero-order valence-corrected chi connectivity index (χ0v) is 20.7. The van der Waals surface area contributed by atoms with Gasteiger partial charge in [0.2, 0.25) is 0 Å². The molecule has 0 radical (unpaired) electrons. The standard InChI is InChI=1S/C25H29BrN4O3/c1-17(2)30-25(32)29(16-27-30)22-10-6-18(7-11-22)19-12-14-28(15-13-19)23(24(31)33-3)20-4-8-21(26)9-5-20/h4-11,16-17,19,23H,12-15H2,1-3H3. The molecule has 1 unspecified atom stereocenters. The lowest BCUT2D eigenvalue weighted by Gasteiger charge is -2.36. The van der Waals surface area contributed by atoms with Gasteiger partial charge in [-0.2, -0.15) is 5.10 Å². The van der Waals surface area contributed by atoms with E-state index in [1.165, 1.54) is 17.4 Å². The molecule has 0 N–H and O–H groups in total. The minimum atomic E-state index is -0.393. The Morgan fingerprint density at radius 2 is 1.70 bits per heavy atom. The number of carbonyl (C=O) groups excluding carboxylic acids is 1. The van der Waals surface area contributed by atoms with Crippen molar-refractivity contribution in [2.75, 3.05) is 20.2 Å². The summed E-state index contributed by atoms with van der Waals surface area (Å²) >= 11 is 3.46. The lowest BCUT2D eigenvalue weighted by molar-refractivity contribution is -0.147. The summed E-state index contributed by atoms with van der Waals surface area (Å²) in [5, 5.41) is 4.20. The minimum absolute atomic E-state index is 0.0226. The van der Waals surface area contributed by atoms with E-state index in [2.05, 4.69) is 38.1 Å². The van der Waals surface area contributed by atoms with Crippen LogP contribution in [0.5, 0.6) is 0 Å². The number of ether oxygens (including phenoxy) is 1. The average Bonchev–Trinajstić information content (AvgIpc) is 3.22. The first-order valence-corrected chi connectivity index (χ1v) is 12.0. The number of nitrogens with zero attached hydrogens (tertiary/aromatic N) is 4. The molecular weight excluding hydrogens is 484 g/mol. The largest absolute Gasteiger partial charge is 0.468 e. The van der Waals surface area contributed by atoms with Crippen molar-refractivity contribution in [2.45, 2.75) is 44.7 Å². The normalized spacial score (nSPS) is 16.2.